The van der Waals surface area contributed by atoms with Crippen molar-refractivity contribution in [2.75, 3.05) is 6.61 Å². The summed E-state index contributed by atoms with van der Waals surface area (Å²) >= 11 is 0. The Morgan fingerprint density at radius 1 is 1.28 bits per heavy atom. The number of carbonyl (C=O) groups is 1. The number of carboxylic acid groups (broad SMARTS) is 1. The third kappa shape index (κ3) is 5.85. The Balaban J connectivity index is 1.94. The van der Waals surface area contributed by atoms with E-state index in [4.69, 9.17) is 5.11 Å². The number of pyridine rings is 1. The Hall–Kier alpha value is -1.88. The lowest BCUT2D eigenvalue weighted by Gasteiger charge is -2.26. The fourth-order valence-corrected chi connectivity index (χ4v) is 3.76. The zero-order valence-electron chi connectivity index (χ0n) is 13.0. The summed E-state index contributed by atoms with van der Waals surface area (Å²) in [7, 11) is -3.90. The molecule has 140 valence electrons. The first-order chi connectivity index (χ1) is 11.6. The summed E-state index contributed by atoms with van der Waals surface area (Å²) in [6, 6.07) is 1.76. The second kappa shape index (κ2) is 7.56. The molecule has 0 atom stereocenters. The Labute approximate surface area is 142 Å². The minimum Gasteiger partial charge on any atom is -0.481 e. The summed E-state index contributed by atoms with van der Waals surface area (Å²) in [4.78, 5) is 14.2. The number of rotatable bonds is 6. The lowest BCUT2D eigenvalue weighted by molar-refractivity contribution is -0.154. The van der Waals surface area contributed by atoms with E-state index in [0.717, 1.165) is 18.3 Å². The molecule has 1 aromatic heterocycles. The van der Waals surface area contributed by atoms with E-state index in [1.807, 2.05) is 0 Å². The van der Waals surface area contributed by atoms with Crippen molar-refractivity contribution in [3.8, 4) is 5.88 Å². The number of aromatic nitrogens is 1. The van der Waals surface area contributed by atoms with Crippen molar-refractivity contribution in [1.82, 2.24) is 9.71 Å². The highest BCUT2D eigenvalue weighted by Crippen LogP contribution is 2.26. The van der Waals surface area contributed by atoms with Gasteiger partial charge in [0.25, 0.3) is 0 Å². The molecule has 0 amide bonds. The molecule has 0 radical (unpaired) electrons. The molecule has 1 aliphatic rings. The molecule has 0 spiro atoms. The SMILES string of the molecule is O=C(O)C1CCC(NS(=O)(=O)c2ccc(OCC(F)(F)F)nc2)CC1. The fourth-order valence-electron chi connectivity index (χ4n) is 2.51. The van der Waals surface area contributed by atoms with Gasteiger partial charge < -0.3 is 9.84 Å². The quantitative estimate of drug-likeness (QED) is 0.779. The molecule has 0 saturated heterocycles. The van der Waals surface area contributed by atoms with Gasteiger partial charge in [-0.2, -0.15) is 13.2 Å². The minimum atomic E-state index is -4.51. The van der Waals surface area contributed by atoms with Crippen LogP contribution in [0.1, 0.15) is 25.7 Å². The first-order valence-electron chi connectivity index (χ1n) is 7.47. The van der Waals surface area contributed by atoms with Crippen LogP contribution in [0.2, 0.25) is 0 Å². The number of hydrogen-bond donors (Lipinski definition) is 2. The number of sulfonamides is 1. The first kappa shape index (κ1) is 19.4. The van der Waals surface area contributed by atoms with Crippen molar-refractivity contribution in [3.63, 3.8) is 0 Å². The molecular weight excluding hydrogens is 365 g/mol. The van der Waals surface area contributed by atoms with Crippen molar-refractivity contribution in [2.24, 2.45) is 5.92 Å². The molecule has 1 heterocycles. The van der Waals surface area contributed by atoms with Crippen LogP contribution in [-0.2, 0) is 14.8 Å². The van der Waals surface area contributed by atoms with E-state index in [0.29, 0.717) is 25.7 Å². The maximum Gasteiger partial charge on any atom is 0.422 e. The van der Waals surface area contributed by atoms with Gasteiger partial charge in [0.1, 0.15) is 4.90 Å². The number of nitrogens with zero attached hydrogens (tertiary/aromatic N) is 1. The van der Waals surface area contributed by atoms with E-state index in [2.05, 4.69) is 14.4 Å². The van der Waals surface area contributed by atoms with Crippen LogP contribution in [0.15, 0.2) is 23.2 Å². The predicted octanol–water partition coefficient (Wildman–Crippen LogP) is 1.94. The number of alkyl halides is 3. The number of carboxylic acids is 1. The van der Waals surface area contributed by atoms with E-state index >= 15 is 0 Å². The van der Waals surface area contributed by atoms with E-state index < -0.39 is 34.7 Å². The molecule has 1 aromatic rings. The summed E-state index contributed by atoms with van der Waals surface area (Å²) in [6.45, 7) is -1.52. The number of nitrogens with one attached hydrogen (secondary N) is 1. The van der Waals surface area contributed by atoms with Crippen LogP contribution in [0, 0.1) is 5.92 Å². The fraction of sp³-hybridized carbons (Fsp3) is 0.571. The average molecular weight is 382 g/mol. The maximum absolute atomic E-state index is 12.3. The van der Waals surface area contributed by atoms with E-state index in [1.165, 1.54) is 0 Å². The van der Waals surface area contributed by atoms with Crippen LogP contribution < -0.4 is 9.46 Å². The van der Waals surface area contributed by atoms with Crippen LogP contribution in [0.5, 0.6) is 5.88 Å². The molecule has 11 heteroatoms. The monoisotopic (exact) mass is 382 g/mol. The minimum absolute atomic E-state index is 0.202. The predicted molar refractivity (Wildman–Crippen MR) is 79.5 cm³/mol. The van der Waals surface area contributed by atoms with Gasteiger partial charge in [-0.25, -0.2) is 18.1 Å². The molecule has 0 bridgehead atoms. The lowest BCUT2D eigenvalue weighted by atomic mass is 9.87. The molecule has 0 aliphatic heterocycles. The topological polar surface area (TPSA) is 106 Å². The zero-order valence-corrected chi connectivity index (χ0v) is 13.8. The summed E-state index contributed by atoms with van der Waals surface area (Å²) in [5.41, 5.74) is 0. The van der Waals surface area contributed by atoms with Gasteiger partial charge in [-0.15, -0.1) is 0 Å². The summed E-state index contributed by atoms with van der Waals surface area (Å²) < 4.78 is 67.5. The van der Waals surface area contributed by atoms with Crippen LogP contribution in [0.25, 0.3) is 0 Å². The maximum atomic E-state index is 12.3. The Bertz CT molecular complexity index is 698. The van der Waals surface area contributed by atoms with Crippen molar-refractivity contribution < 1.29 is 36.2 Å². The molecule has 1 saturated carbocycles. The number of ether oxygens (including phenoxy) is 1. The summed E-state index contributed by atoms with van der Waals surface area (Å²) in [5, 5.41) is 8.93. The molecule has 1 aliphatic carbocycles. The molecule has 2 rings (SSSR count). The van der Waals surface area contributed by atoms with Gasteiger partial charge in [0.2, 0.25) is 15.9 Å². The lowest BCUT2D eigenvalue weighted by Crippen LogP contribution is -2.38. The van der Waals surface area contributed by atoms with Gasteiger partial charge in [-0.3, -0.25) is 4.79 Å². The van der Waals surface area contributed by atoms with Crippen molar-refractivity contribution in [3.05, 3.63) is 18.3 Å². The molecule has 0 aromatic carbocycles. The summed E-state index contributed by atoms with van der Waals surface area (Å²) in [5.74, 6) is -1.69. The highest BCUT2D eigenvalue weighted by atomic mass is 32.2. The summed E-state index contributed by atoms with van der Waals surface area (Å²) in [6.07, 6.45) is -2.04. The van der Waals surface area contributed by atoms with Crippen molar-refractivity contribution in [1.29, 1.82) is 0 Å². The van der Waals surface area contributed by atoms with Crippen molar-refractivity contribution in [2.45, 2.75) is 42.8 Å². The smallest absolute Gasteiger partial charge is 0.422 e. The number of hydrogen-bond acceptors (Lipinski definition) is 5. The second-order valence-electron chi connectivity index (χ2n) is 5.74. The van der Waals surface area contributed by atoms with E-state index in [9.17, 15) is 26.4 Å². The largest absolute Gasteiger partial charge is 0.481 e. The van der Waals surface area contributed by atoms with Crippen molar-refractivity contribution >= 4 is 16.0 Å². The van der Waals surface area contributed by atoms with Crippen LogP contribution in [0.4, 0.5) is 13.2 Å². The van der Waals surface area contributed by atoms with Crippen LogP contribution >= 0.6 is 0 Å². The third-order valence-electron chi connectivity index (χ3n) is 3.80. The zero-order chi connectivity index (χ0) is 18.7. The van der Waals surface area contributed by atoms with Crippen LogP contribution in [-0.4, -0.2) is 43.3 Å². The normalized spacial score (nSPS) is 21.7. The first-order valence-corrected chi connectivity index (χ1v) is 8.96. The van der Waals surface area contributed by atoms with Gasteiger partial charge in [0, 0.05) is 12.1 Å². The van der Waals surface area contributed by atoms with Gasteiger partial charge in [-0.05, 0) is 31.7 Å². The highest BCUT2D eigenvalue weighted by Gasteiger charge is 2.30. The standard InChI is InChI=1S/C14H17F3N2O5S/c15-14(16,17)8-24-12-6-5-11(7-18-12)25(22,23)19-10-3-1-9(2-4-10)13(20)21/h5-7,9-10,19H,1-4,8H2,(H,20,21). The Morgan fingerprint density at radius 3 is 2.40 bits per heavy atom. The van der Waals surface area contributed by atoms with Gasteiger partial charge >= 0.3 is 12.1 Å². The van der Waals surface area contributed by atoms with Crippen LogP contribution in [0.3, 0.4) is 0 Å². The number of halogens is 3. The molecule has 0 unspecified atom stereocenters. The van der Waals surface area contributed by atoms with E-state index in [-0.39, 0.29) is 16.8 Å². The highest BCUT2D eigenvalue weighted by molar-refractivity contribution is 7.89. The molecule has 25 heavy (non-hydrogen) atoms. The van der Waals surface area contributed by atoms with E-state index in [1.54, 1.807) is 0 Å². The second-order valence-corrected chi connectivity index (χ2v) is 7.46. The van der Waals surface area contributed by atoms with Gasteiger partial charge in [-0.1, -0.05) is 0 Å². The van der Waals surface area contributed by atoms with Gasteiger partial charge in [0.05, 0.1) is 12.1 Å². The Kier molecular flexibility index (Phi) is 5.88. The molecule has 2 N–H and O–H groups in total. The average Bonchev–Trinajstić information content (AvgIpc) is 2.53. The molecular formula is C14H17F3N2O5S. The molecule has 1 fully saturated rings. The number of aliphatic carboxylic acids is 1. The molecule has 7 nitrogen and oxygen atoms in total. The van der Waals surface area contributed by atoms with Gasteiger partial charge in [0.15, 0.2) is 6.61 Å². The Morgan fingerprint density at radius 2 is 1.92 bits per heavy atom. The third-order valence-corrected chi connectivity index (χ3v) is 5.31.